The molecule has 0 aromatic carbocycles. The van der Waals surface area contributed by atoms with E-state index in [1.807, 2.05) is 12.1 Å². The fourth-order valence-electron chi connectivity index (χ4n) is 1.21. The summed E-state index contributed by atoms with van der Waals surface area (Å²) in [7, 11) is 0. The number of hydrogen-bond donors (Lipinski definition) is 2. The number of halogens is 1. The summed E-state index contributed by atoms with van der Waals surface area (Å²) in [5.41, 5.74) is 7.69. The van der Waals surface area contributed by atoms with Gasteiger partial charge < -0.3 is 16.3 Å². The smallest absolute Gasteiger partial charge is 0.191 e. The number of nitrogens with two attached hydrogens (primary N) is 1. The number of pyridine rings is 1. The van der Waals surface area contributed by atoms with Crippen molar-refractivity contribution in [2.45, 2.75) is 13.8 Å². The molecule has 1 aromatic heterocycles. The minimum atomic E-state index is 0. The summed E-state index contributed by atoms with van der Waals surface area (Å²) in [6.07, 6.45) is 0. The normalized spacial score (nSPS) is 9.36. The largest absolute Gasteiger partial charge is 0.618 e. The van der Waals surface area contributed by atoms with Crippen molar-refractivity contribution in [2.75, 3.05) is 18.4 Å². The first-order valence-corrected chi connectivity index (χ1v) is 4.30. The van der Waals surface area contributed by atoms with E-state index >= 15 is 0 Å². The minimum absolute atomic E-state index is 0. The van der Waals surface area contributed by atoms with Gasteiger partial charge in [-0.1, -0.05) is 0 Å². The molecule has 0 bridgehead atoms. The molecule has 1 aromatic rings. The van der Waals surface area contributed by atoms with Crippen LogP contribution < -0.4 is 15.8 Å². The van der Waals surface area contributed by atoms with Gasteiger partial charge in [0.2, 0.25) is 0 Å². The number of nitrogens with one attached hydrogen (secondary N) is 1. The molecular formula is C9H16ClN3O. The highest BCUT2D eigenvalue weighted by Crippen LogP contribution is 2.08. The third-order valence-corrected chi connectivity index (χ3v) is 1.84. The van der Waals surface area contributed by atoms with Gasteiger partial charge in [0.15, 0.2) is 11.4 Å². The molecule has 5 heteroatoms. The second kappa shape index (κ2) is 5.67. The Balaban J connectivity index is 0.00000169. The summed E-state index contributed by atoms with van der Waals surface area (Å²) in [5.74, 6) is 0. The van der Waals surface area contributed by atoms with Crippen LogP contribution in [0.4, 0.5) is 5.69 Å². The Bertz CT molecular complexity index is 281. The summed E-state index contributed by atoms with van der Waals surface area (Å²) >= 11 is 0. The molecule has 0 atom stereocenters. The molecule has 1 rings (SSSR count). The molecule has 14 heavy (non-hydrogen) atoms. The van der Waals surface area contributed by atoms with Crippen molar-refractivity contribution >= 4 is 18.1 Å². The van der Waals surface area contributed by atoms with E-state index in [-0.39, 0.29) is 12.4 Å². The Morgan fingerprint density at radius 1 is 1.36 bits per heavy atom. The van der Waals surface area contributed by atoms with Gasteiger partial charge in [0.25, 0.3) is 0 Å². The summed E-state index contributed by atoms with van der Waals surface area (Å²) < 4.78 is 0.910. The van der Waals surface area contributed by atoms with Gasteiger partial charge in [0, 0.05) is 44.8 Å². The third-order valence-electron chi connectivity index (χ3n) is 1.84. The van der Waals surface area contributed by atoms with Crippen molar-refractivity contribution in [3.05, 3.63) is 28.7 Å². The number of hydrogen-bond acceptors (Lipinski definition) is 3. The third kappa shape index (κ3) is 3.05. The van der Waals surface area contributed by atoms with Gasteiger partial charge in [0.1, 0.15) is 0 Å². The van der Waals surface area contributed by atoms with Gasteiger partial charge in [-0.25, -0.2) is 0 Å². The molecular weight excluding hydrogens is 202 g/mol. The second-order valence-electron chi connectivity index (χ2n) is 3.04. The van der Waals surface area contributed by atoms with E-state index in [0.717, 1.165) is 17.0 Å². The van der Waals surface area contributed by atoms with Crippen molar-refractivity contribution in [3.8, 4) is 0 Å². The lowest BCUT2D eigenvalue weighted by molar-refractivity contribution is -0.618. The predicted octanol–water partition coefficient (Wildman–Crippen LogP) is 0.729. The van der Waals surface area contributed by atoms with E-state index in [0.29, 0.717) is 17.9 Å². The molecule has 0 saturated heterocycles. The summed E-state index contributed by atoms with van der Waals surface area (Å²) in [4.78, 5) is 0. The zero-order valence-electron chi connectivity index (χ0n) is 8.41. The van der Waals surface area contributed by atoms with Gasteiger partial charge in [-0.05, 0) is 0 Å². The van der Waals surface area contributed by atoms with Crippen molar-refractivity contribution in [2.24, 2.45) is 5.73 Å². The Labute approximate surface area is 90.1 Å². The monoisotopic (exact) mass is 217 g/mol. The molecule has 3 N–H and O–H groups in total. The number of aryl methyl sites for hydroxylation is 2. The number of aromatic nitrogens is 1. The fraction of sp³-hybridized carbons (Fsp3) is 0.444. The summed E-state index contributed by atoms with van der Waals surface area (Å²) in [5, 5.41) is 14.4. The van der Waals surface area contributed by atoms with Crippen LogP contribution in [0.15, 0.2) is 12.1 Å². The lowest BCUT2D eigenvalue weighted by Gasteiger charge is -2.08. The predicted molar refractivity (Wildman–Crippen MR) is 59.7 cm³/mol. The fourth-order valence-corrected chi connectivity index (χ4v) is 1.21. The van der Waals surface area contributed by atoms with Crippen molar-refractivity contribution in [3.63, 3.8) is 0 Å². The van der Waals surface area contributed by atoms with Crippen LogP contribution in [-0.4, -0.2) is 13.1 Å². The van der Waals surface area contributed by atoms with Gasteiger partial charge in [-0.3, -0.25) is 0 Å². The zero-order valence-corrected chi connectivity index (χ0v) is 9.23. The molecule has 80 valence electrons. The van der Waals surface area contributed by atoms with Crippen molar-refractivity contribution in [1.29, 1.82) is 0 Å². The average molecular weight is 218 g/mol. The van der Waals surface area contributed by atoms with Gasteiger partial charge in [-0.2, -0.15) is 4.73 Å². The van der Waals surface area contributed by atoms with Crippen LogP contribution >= 0.6 is 12.4 Å². The van der Waals surface area contributed by atoms with Crippen molar-refractivity contribution < 1.29 is 4.73 Å². The Morgan fingerprint density at radius 3 is 2.29 bits per heavy atom. The number of anilines is 1. The van der Waals surface area contributed by atoms with Crippen LogP contribution in [0.2, 0.25) is 0 Å². The van der Waals surface area contributed by atoms with Crippen LogP contribution in [0.25, 0.3) is 0 Å². The van der Waals surface area contributed by atoms with Crippen LogP contribution in [-0.2, 0) is 0 Å². The summed E-state index contributed by atoms with van der Waals surface area (Å²) in [6, 6.07) is 3.63. The maximum absolute atomic E-state index is 11.3. The lowest BCUT2D eigenvalue weighted by Crippen LogP contribution is -2.33. The van der Waals surface area contributed by atoms with Crippen LogP contribution in [0, 0.1) is 19.1 Å². The Hall–Kier alpha value is -1.00. The average Bonchev–Trinajstić information content (AvgIpc) is 2.10. The molecule has 0 unspecified atom stereocenters. The van der Waals surface area contributed by atoms with E-state index < -0.39 is 0 Å². The molecule has 0 fully saturated rings. The topological polar surface area (TPSA) is 65.0 Å². The first kappa shape index (κ1) is 13.0. The maximum atomic E-state index is 11.3. The van der Waals surface area contributed by atoms with Crippen LogP contribution in [0.3, 0.4) is 0 Å². The molecule has 1 heterocycles. The maximum Gasteiger partial charge on any atom is 0.191 e. The first-order chi connectivity index (χ1) is 6.15. The van der Waals surface area contributed by atoms with Gasteiger partial charge in [0.05, 0.1) is 0 Å². The quantitative estimate of drug-likeness (QED) is 0.580. The molecule has 0 spiro atoms. The van der Waals surface area contributed by atoms with E-state index in [4.69, 9.17) is 5.73 Å². The van der Waals surface area contributed by atoms with Crippen LogP contribution in [0.1, 0.15) is 11.4 Å². The minimum Gasteiger partial charge on any atom is -0.618 e. The molecule has 4 nitrogen and oxygen atoms in total. The highest BCUT2D eigenvalue weighted by molar-refractivity contribution is 5.85. The zero-order chi connectivity index (χ0) is 9.84. The number of rotatable bonds is 3. The molecule has 0 aliphatic heterocycles. The molecule has 0 amide bonds. The van der Waals surface area contributed by atoms with Gasteiger partial charge in [-0.15, -0.1) is 12.4 Å². The highest BCUT2D eigenvalue weighted by Gasteiger charge is 2.05. The molecule has 0 radical (unpaired) electrons. The number of nitrogens with zero attached hydrogens (tertiary/aromatic N) is 1. The Morgan fingerprint density at radius 2 is 1.86 bits per heavy atom. The second-order valence-corrected chi connectivity index (χ2v) is 3.04. The SMILES string of the molecule is Cc1cc(NCCN)cc(C)[n+]1[O-].Cl. The Kier molecular flexibility index (Phi) is 5.27. The van der Waals surface area contributed by atoms with E-state index in [9.17, 15) is 5.21 Å². The van der Waals surface area contributed by atoms with E-state index in [1.165, 1.54) is 0 Å². The van der Waals surface area contributed by atoms with Gasteiger partial charge >= 0.3 is 0 Å². The highest BCUT2D eigenvalue weighted by atomic mass is 35.5. The first-order valence-electron chi connectivity index (χ1n) is 4.30. The van der Waals surface area contributed by atoms with E-state index in [2.05, 4.69) is 5.32 Å². The molecule has 0 aliphatic rings. The molecule has 0 aliphatic carbocycles. The standard InChI is InChI=1S/C9H15N3O.ClH/c1-7-5-9(11-4-3-10)6-8(2)12(7)13;/h5-6,11H,3-4,10H2,1-2H3;1H. The van der Waals surface area contributed by atoms with Crippen LogP contribution in [0.5, 0.6) is 0 Å². The van der Waals surface area contributed by atoms with Crippen molar-refractivity contribution in [1.82, 2.24) is 0 Å². The van der Waals surface area contributed by atoms with E-state index in [1.54, 1.807) is 13.8 Å². The summed E-state index contributed by atoms with van der Waals surface area (Å²) in [6.45, 7) is 4.88. The lowest BCUT2D eigenvalue weighted by atomic mass is 10.3. The molecule has 0 saturated carbocycles.